The van der Waals surface area contributed by atoms with Crippen molar-refractivity contribution in [2.75, 3.05) is 26.2 Å². The lowest BCUT2D eigenvalue weighted by Crippen LogP contribution is -2.54. The van der Waals surface area contributed by atoms with Crippen molar-refractivity contribution in [1.29, 1.82) is 0 Å². The fourth-order valence-corrected chi connectivity index (χ4v) is 0.801. The van der Waals surface area contributed by atoms with Crippen LogP contribution in [0.5, 0.6) is 0 Å². The minimum absolute atomic E-state index is 0.300. The maximum atomic E-state index is 10.8. The third kappa shape index (κ3) is 7.02. The first-order valence-electron chi connectivity index (χ1n) is 3.63. The highest BCUT2D eigenvalue weighted by atomic mass is 79.9. The van der Waals surface area contributed by atoms with Gasteiger partial charge in [0.1, 0.15) is 6.61 Å². The van der Waals surface area contributed by atoms with Gasteiger partial charge in [0.25, 0.3) is 0 Å². The predicted octanol–water partition coefficient (Wildman–Crippen LogP) is -0.523. The molecule has 12 heavy (non-hydrogen) atoms. The Morgan fingerprint density at radius 2 is 2.17 bits per heavy atom. The van der Waals surface area contributed by atoms with E-state index in [-0.39, 0.29) is 5.97 Å². The maximum absolute atomic E-state index is 10.8. The minimum Gasteiger partial charge on any atom is -0.463 e. The third-order valence-corrected chi connectivity index (χ3v) is 1.80. The van der Waals surface area contributed by atoms with Crippen LogP contribution in [0, 0.1) is 0 Å². The van der Waals surface area contributed by atoms with E-state index in [1.54, 1.807) is 0 Å². The topological polar surface area (TPSA) is 66.0 Å². The molecule has 0 bridgehead atoms. The summed E-state index contributed by atoms with van der Waals surface area (Å²) in [6, 6.07) is 0. The van der Waals surface area contributed by atoms with E-state index < -0.39 is 3.74 Å². The van der Waals surface area contributed by atoms with Gasteiger partial charge in [0, 0.05) is 13.1 Å². The van der Waals surface area contributed by atoms with Gasteiger partial charge in [-0.3, -0.25) is 0 Å². The summed E-state index contributed by atoms with van der Waals surface area (Å²) < 4.78 is 4.43. The summed E-state index contributed by atoms with van der Waals surface area (Å²) in [7, 11) is 0. The number of halogens is 2. The molecule has 0 fully saturated rings. The van der Waals surface area contributed by atoms with Crippen LogP contribution in [0.2, 0.25) is 0 Å². The average molecular weight is 305 g/mol. The second-order valence-electron chi connectivity index (χ2n) is 2.07. The Hall–Kier alpha value is 0.350. The van der Waals surface area contributed by atoms with Crippen molar-refractivity contribution in [2.24, 2.45) is 0 Å². The van der Waals surface area contributed by atoms with Gasteiger partial charge in [-0.2, -0.15) is 0 Å². The Morgan fingerprint density at radius 3 is 2.67 bits per heavy atom. The van der Waals surface area contributed by atoms with Crippen molar-refractivity contribution in [1.82, 2.24) is 5.32 Å². The Labute approximate surface area is 88.5 Å². The van der Waals surface area contributed by atoms with Crippen LogP contribution in [0.15, 0.2) is 0 Å². The van der Waals surface area contributed by atoms with E-state index in [1.807, 2.05) is 0 Å². The molecule has 0 unspecified atom stereocenters. The molecular weight excluding hydrogens is 292 g/mol. The first-order valence-corrected chi connectivity index (χ1v) is 5.46. The van der Waals surface area contributed by atoms with Crippen LogP contribution in [0.4, 0.5) is 0 Å². The highest BCUT2D eigenvalue weighted by Crippen LogP contribution is 2.08. The van der Waals surface area contributed by atoms with Gasteiger partial charge < -0.3 is 15.8 Å². The quantitative estimate of drug-likeness (QED) is 0.394. The highest BCUT2D eigenvalue weighted by Gasteiger charge is 2.10. The lowest BCUT2D eigenvalue weighted by Gasteiger charge is -2.05. The number of rotatable bonds is 6. The molecule has 0 aromatic carbocycles. The molecule has 72 valence electrons. The molecule has 0 aliphatic heterocycles. The Balaban J connectivity index is 3.14. The zero-order chi connectivity index (χ0) is 9.40. The van der Waals surface area contributed by atoms with Crippen molar-refractivity contribution in [3.05, 3.63) is 0 Å². The number of alkyl halides is 2. The van der Waals surface area contributed by atoms with Crippen molar-refractivity contribution in [3.63, 3.8) is 0 Å². The van der Waals surface area contributed by atoms with Crippen molar-refractivity contribution in [3.8, 4) is 0 Å². The van der Waals surface area contributed by atoms with Crippen LogP contribution in [-0.4, -0.2) is 35.9 Å². The van der Waals surface area contributed by atoms with E-state index >= 15 is 0 Å². The number of hydrogen-bond donors (Lipinski definition) is 2. The smallest absolute Gasteiger partial charge is 0.330 e. The normalized spacial score (nSPS) is 10.3. The number of carbonyl (C=O) groups is 1. The number of ether oxygens (including phenoxy) is 1. The van der Waals surface area contributed by atoms with Gasteiger partial charge >= 0.3 is 5.97 Å². The first kappa shape index (κ1) is 12.3. The standard InChI is InChI=1S/C6H12Br2N2O2/c7-5(8)6(11)12-4-3-10-2-1-9/h5,10H,1-4,9H2/p+1. The molecule has 0 heterocycles. The molecule has 0 aromatic heterocycles. The zero-order valence-electron chi connectivity index (χ0n) is 6.69. The molecule has 4 N–H and O–H groups in total. The summed E-state index contributed by atoms with van der Waals surface area (Å²) in [6.45, 7) is 2.76. The summed E-state index contributed by atoms with van der Waals surface area (Å²) in [5, 5.41) is 3.06. The molecule has 4 nitrogen and oxygen atoms in total. The molecule has 0 rings (SSSR count). The molecule has 0 aliphatic carbocycles. The third-order valence-electron chi connectivity index (χ3n) is 1.05. The number of quaternary nitrogens is 1. The molecule has 0 aromatic rings. The van der Waals surface area contributed by atoms with E-state index in [4.69, 9.17) is 4.74 Å². The molecule has 0 atom stereocenters. The van der Waals surface area contributed by atoms with Crippen LogP contribution >= 0.6 is 31.9 Å². The van der Waals surface area contributed by atoms with Gasteiger partial charge in [0.15, 0.2) is 3.74 Å². The molecule has 0 radical (unpaired) electrons. The molecule has 0 amide bonds. The molecule has 0 aliphatic rings. The van der Waals surface area contributed by atoms with Gasteiger partial charge in [-0.25, -0.2) is 4.79 Å². The molecular formula is C6H13Br2N2O2+. The predicted molar refractivity (Wildman–Crippen MR) is 53.2 cm³/mol. The van der Waals surface area contributed by atoms with Crippen molar-refractivity contribution >= 4 is 37.8 Å². The van der Waals surface area contributed by atoms with E-state index in [0.29, 0.717) is 13.2 Å². The number of hydrogen-bond acceptors (Lipinski definition) is 3. The summed E-state index contributed by atoms with van der Waals surface area (Å²) in [4.78, 5) is 10.8. The van der Waals surface area contributed by atoms with E-state index in [9.17, 15) is 4.79 Å². The maximum Gasteiger partial charge on any atom is 0.330 e. The van der Waals surface area contributed by atoms with Gasteiger partial charge in [0.05, 0.1) is 6.54 Å². The number of carbonyl (C=O) groups excluding carboxylic acids is 1. The van der Waals surface area contributed by atoms with Gasteiger partial charge in [-0.1, -0.05) is 31.9 Å². The molecule has 0 saturated heterocycles. The zero-order valence-corrected chi connectivity index (χ0v) is 9.86. The van der Waals surface area contributed by atoms with Crippen molar-refractivity contribution in [2.45, 2.75) is 3.74 Å². The van der Waals surface area contributed by atoms with Crippen LogP contribution < -0.4 is 11.1 Å². The molecule has 6 heteroatoms. The Morgan fingerprint density at radius 1 is 1.50 bits per heavy atom. The highest BCUT2D eigenvalue weighted by molar-refractivity contribution is 9.25. The molecule has 0 spiro atoms. The summed E-state index contributed by atoms with van der Waals surface area (Å²) in [6.07, 6.45) is 0. The SMILES string of the molecule is [NH3+]CCNCCOC(=O)C(Br)Br. The van der Waals surface area contributed by atoms with E-state index in [0.717, 1.165) is 13.1 Å². The first-order chi connectivity index (χ1) is 5.68. The summed E-state index contributed by atoms with van der Waals surface area (Å²) >= 11 is 6.07. The summed E-state index contributed by atoms with van der Waals surface area (Å²) in [5.74, 6) is -0.300. The molecule has 0 saturated carbocycles. The van der Waals surface area contributed by atoms with Gasteiger partial charge in [-0.15, -0.1) is 0 Å². The fourth-order valence-electron chi connectivity index (χ4n) is 0.537. The van der Waals surface area contributed by atoms with Crippen LogP contribution in [0.25, 0.3) is 0 Å². The summed E-state index contributed by atoms with van der Waals surface area (Å²) in [5.41, 5.74) is 3.66. The van der Waals surface area contributed by atoms with Gasteiger partial charge in [-0.05, 0) is 0 Å². The average Bonchev–Trinajstić information content (AvgIpc) is 2.03. The van der Waals surface area contributed by atoms with Crippen LogP contribution in [0.3, 0.4) is 0 Å². The van der Waals surface area contributed by atoms with E-state index in [1.165, 1.54) is 0 Å². The van der Waals surface area contributed by atoms with Crippen molar-refractivity contribution < 1.29 is 15.3 Å². The second kappa shape index (κ2) is 7.97. The Bertz CT molecular complexity index is 133. The van der Waals surface area contributed by atoms with Crippen LogP contribution in [-0.2, 0) is 9.53 Å². The fraction of sp³-hybridized carbons (Fsp3) is 0.833. The lowest BCUT2D eigenvalue weighted by molar-refractivity contribution is -0.365. The van der Waals surface area contributed by atoms with Crippen LogP contribution in [0.1, 0.15) is 0 Å². The monoisotopic (exact) mass is 303 g/mol. The Kier molecular flexibility index (Phi) is 8.20. The van der Waals surface area contributed by atoms with E-state index in [2.05, 4.69) is 42.9 Å². The lowest BCUT2D eigenvalue weighted by atomic mass is 10.6. The number of nitrogens with one attached hydrogen (secondary N) is 1. The largest absolute Gasteiger partial charge is 0.463 e. The second-order valence-corrected chi connectivity index (χ2v) is 5.13. The number of esters is 1. The van der Waals surface area contributed by atoms with Gasteiger partial charge in [0.2, 0.25) is 0 Å². The minimum atomic E-state index is -0.405.